The van der Waals surface area contributed by atoms with Crippen molar-refractivity contribution in [1.29, 1.82) is 0 Å². The lowest BCUT2D eigenvalue weighted by Crippen LogP contribution is -2.52. The molecule has 0 saturated carbocycles. The number of aliphatic hydroxyl groups is 1. The zero-order valence-electron chi connectivity index (χ0n) is 34.2. The van der Waals surface area contributed by atoms with Crippen LogP contribution < -0.4 is 19.7 Å². The van der Waals surface area contributed by atoms with Gasteiger partial charge in [-0.05, 0) is 95.2 Å². The summed E-state index contributed by atoms with van der Waals surface area (Å²) < 4.78 is 12.9. The number of fused-ring (bicyclic) bond motifs is 2. The molecule has 298 valence electrons. The molecule has 4 heterocycles. The van der Waals surface area contributed by atoms with Gasteiger partial charge in [0.15, 0.2) is 5.60 Å². The minimum Gasteiger partial charge on any atom is -0.497 e. The molecular weight excluding hydrogens is 707 g/mol. The Morgan fingerprint density at radius 3 is 2.45 bits per heavy atom. The van der Waals surface area contributed by atoms with E-state index in [2.05, 4.69) is 71.1 Å². The highest BCUT2D eigenvalue weighted by atomic mass is 28.3. The molecule has 2 aromatic rings. The van der Waals surface area contributed by atoms with E-state index in [0.717, 1.165) is 74.1 Å². The van der Waals surface area contributed by atoms with Gasteiger partial charge in [0.2, 0.25) is 11.8 Å². The first-order valence-electron chi connectivity index (χ1n) is 20.6. The van der Waals surface area contributed by atoms with Gasteiger partial charge in [-0.2, -0.15) is 0 Å². The van der Waals surface area contributed by atoms with Crippen molar-refractivity contribution in [2.24, 2.45) is 5.92 Å². The summed E-state index contributed by atoms with van der Waals surface area (Å²) >= 11 is 0. The number of ether oxygens (including phenoxy) is 2. The van der Waals surface area contributed by atoms with Gasteiger partial charge in [-0.15, -0.1) is 0 Å². The maximum absolute atomic E-state index is 15.4. The van der Waals surface area contributed by atoms with Crippen LogP contribution in [0.3, 0.4) is 0 Å². The number of benzene rings is 2. The average Bonchev–Trinajstić information content (AvgIpc) is 3.82. The van der Waals surface area contributed by atoms with E-state index in [0.29, 0.717) is 26.1 Å². The normalized spacial score (nSPS) is 26.0. The predicted molar refractivity (Wildman–Crippen MR) is 223 cm³/mol. The summed E-state index contributed by atoms with van der Waals surface area (Å²) in [5.41, 5.74) is 3.47. The number of hydrogen-bond acceptors (Lipinski definition) is 6. The van der Waals surface area contributed by atoms with E-state index in [9.17, 15) is 14.7 Å². The van der Waals surface area contributed by atoms with Crippen LogP contribution in [0.2, 0.25) is 18.6 Å². The van der Waals surface area contributed by atoms with E-state index in [-0.39, 0.29) is 48.3 Å². The maximum Gasteiger partial charge on any atom is 0.264 e. The highest BCUT2D eigenvalue weighted by Gasteiger charge is 2.66. The van der Waals surface area contributed by atoms with Gasteiger partial charge in [-0.3, -0.25) is 14.4 Å². The zero-order chi connectivity index (χ0) is 39.5. The van der Waals surface area contributed by atoms with Crippen molar-refractivity contribution < 1.29 is 29.0 Å². The van der Waals surface area contributed by atoms with Gasteiger partial charge in [-0.25, -0.2) is 0 Å². The molecule has 0 aromatic heterocycles. The Bertz CT molecular complexity index is 1780. The van der Waals surface area contributed by atoms with Crippen LogP contribution in [0.25, 0.3) is 0 Å². The molecule has 4 aliphatic rings. The SMILES string of the molecule is COc1ccc([Si](C)(C)[C@H]2[C@H](CC(=O)N3CCC[C@H]3CO)O[C@@]3(C(=O)N(C/C=C(\C)CCC=C(C)C)c4ccc(N5CCCCCCC5=O)cc43)[C@@H]2C)cc1. The number of allylic oxidation sites excluding steroid dienone is 3. The third-order valence-electron chi connectivity index (χ3n) is 13.0. The average molecular weight is 770 g/mol. The Morgan fingerprint density at radius 1 is 1.00 bits per heavy atom. The fourth-order valence-electron chi connectivity index (χ4n) is 9.86. The van der Waals surface area contributed by atoms with E-state index in [1.807, 2.05) is 39.0 Å². The second-order valence-electron chi connectivity index (χ2n) is 17.1. The molecule has 1 N–H and O–H groups in total. The number of nitrogens with zero attached hydrogens (tertiary/aromatic N) is 3. The summed E-state index contributed by atoms with van der Waals surface area (Å²) in [6.45, 7) is 14.8. The largest absolute Gasteiger partial charge is 0.497 e. The lowest BCUT2D eigenvalue weighted by molar-refractivity contribution is -0.149. The number of anilines is 2. The van der Waals surface area contributed by atoms with Crippen molar-refractivity contribution in [1.82, 2.24) is 4.90 Å². The third-order valence-corrected chi connectivity index (χ3v) is 17.3. The second-order valence-corrected chi connectivity index (χ2v) is 21.8. The Morgan fingerprint density at radius 2 is 1.75 bits per heavy atom. The van der Waals surface area contributed by atoms with Crippen molar-refractivity contribution in [3.63, 3.8) is 0 Å². The summed E-state index contributed by atoms with van der Waals surface area (Å²) in [4.78, 5) is 48.8. The number of aliphatic hydroxyl groups excluding tert-OH is 1. The highest BCUT2D eigenvalue weighted by Crippen LogP contribution is 2.60. The lowest BCUT2D eigenvalue weighted by atomic mass is 9.82. The number of carbonyl (C=O) groups excluding carboxylic acids is 3. The van der Waals surface area contributed by atoms with Gasteiger partial charge in [0, 0.05) is 43.2 Å². The van der Waals surface area contributed by atoms with Crippen molar-refractivity contribution in [2.75, 3.05) is 43.2 Å². The van der Waals surface area contributed by atoms with Gasteiger partial charge in [0.05, 0.1) is 46.0 Å². The molecule has 0 radical (unpaired) electrons. The predicted octanol–water partition coefficient (Wildman–Crippen LogP) is 7.62. The Balaban J connectivity index is 1.45. The van der Waals surface area contributed by atoms with Crippen molar-refractivity contribution in [3.8, 4) is 5.75 Å². The lowest BCUT2D eigenvalue weighted by Gasteiger charge is -2.37. The summed E-state index contributed by atoms with van der Waals surface area (Å²) in [6, 6.07) is 14.1. The number of hydrogen-bond donors (Lipinski definition) is 1. The van der Waals surface area contributed by atoms with E-state index >= 15 is 4.79 Å². The molecule has 6 rings (SSSR count). The molecule has 3 saturated heterocycles. The molecular formula is C45H63N3O6Si. The van der Waals surface area contributed by atoms with Gasteiger partial charge >= 0.3 is 0 Å². The highest BCUT2D eigenvalue weighted by molar-refractivity contribution is 6.91. The summed E-state index contributed by atoms with van der Waals surface area (Å²) in [5, 5.41) is 11.3. The number of amides is 3. The molecule has 2 aromatic carbocycles. The van der Waals surface area contributed by atoms with Crippen LogP contribution in [0.1, 0.15) is 97.5 Å². The molecule has 1 spiro atoms. The number of methoxy groups -OCH3 is 1. The summed E-state index contributed by atoms with van der Waals surface area (Å²) in [6.07, 6.45) is 12.0. The van der Waals surface area contributed by atoms with Crippen LogP contribution in [0.5, 0.6) is 5.75 Å². The first-order valence-corrected chi connectivity index (χ1v) is 23.7. The van der Waals surface area contributed by atoms with E-state index < -0.39 is 19.8 Å². The van der Waals surface area contributed by atoms with Crippen LogP contribution in [0.15, 0.2) is 65.8 Å². The smallest absolute Gasteiger partial charge is 0.264 e. The van der Waals surface area contributed by atoms with Crippen LogP contribution in [0, 0.1) is 5.92 Å². The van der Waals surface area contributed by atoms with Gasteiger partial charge in [0.25, 0.3) is 5.91 Å². The Labute approximate surface area is 329 Å². The van der Waals surface area contributed by atoms with Gasteiger partial charge in [0.1, 0.15) is 5.75 Å². The fraction of sp³-hybridized carbons (Fsp3) is 0.578. The first-order chi connectivity index (χ1) is 26.3. The van der Waals surface area contributed by atoms with Gasteiger partial charge in [-0.1, -0.05) is 73.5 Å². The Hall–Kier alpha value is -3.73. The zero-order valence-corrected chi connectivity index (χ0v) is 35.2. The van der Waals surface area contributed by atoms with E-state index in [1.165, 1.54) is 16.3 Å². The molecule has 0 unspecified atom stereocenters. The second kappa shape index (κ2) is 17.2. The van der Waals surface area contributed by atoms with Crippen LogP contribution in [-0.4, -0.2) is 81.3 Å². The van der Waals surface area contributed by atoms with Crippen LogP contribution in [0.4, 0.5) is 11.4 Å². The monoisotopic (exact) mass is 769 g/mol. The molecule has 0 aliphatic carbocycles. The molecule has 4 aliphatic heterocycles. The molecule has 55 heavy (non-hydrogen) atoms. The fourth-order valence-corrected chi connectivity index (χ4v) is 13.9. The summed E-state index contributed by atoms with van der Waals surface area (Å²) in [7, 11) is -0.825. The quantitative estimate of drug-likeness (QED) is 0.176. The van der Waals surface area contributed by atoms with E-state index in [1.54, 1.807) is 7.11 Å². The number of likely N-dealkylation sites (tertiary alicyclic amines) is 1. The standard InChI is InChI=1S/C45H63N3O6Si/c1-31(2)14-12-15-32(3)24-27-48-39-23-18-34(46-25-11-9-8-10-17-41(46)50)28-38(39)45(44(48)52)33(4)43(55(6,7)37-21-19-36(53-5)20-22-37)40(54-45)29-42(51)47-26-13-16-35(47)30-49/h14,18-24,28,33,35,40,43,49H,8-13,15-17,25-27,29-30H2,1-7H3/b32-24+/t33-,35+,40+,43-,45+/m1/s1. The maximum atomic E-state index is 15.4. The topological polar surface area (TPSA) is 99.6 Å². The minimum atomic E-state index is -2.49. The molecule has 5 atom stereocenters. The minimum absolute atomic E-state index is 0.0345. The van der Waals surface area contributed by atoms with Crippen molar-refractivity contribution in [3.05, 3.63) is 71.3 Å². The molecule has 3 amide bonds. The number of rotatable bonds is 12. The van der Waals surface area contributed by atoms with E-state index in [4.69, 9.17) is 9.47 Å². The number of carbonyl (C=O) groups is 3. The molecule has 3 fully saturated rings. The third kappa shape index (κ3) is 8.10. The molecule has 0 bridgehead atoms. The molecule has 10 heteroatoms. The van der Waals surface area contributed by atoms with Gasteiger partial charge < -0.3 is 29.3 Å². The van der Waals surface area contributed by atoms with Crippen molar-refractivity contribution in [2.45, 2.75) is 128 Å². The molecule has 9 nitrogen and oxygen atoms in total. The first kappa shape index (κ1) is 40.9. The Kier molecular flexibility index (Phi) is 12.8. The van der Waals surface area contributed by atoms with Crippen molar-refractivity contribution >= 4 is 42.4 Å². The van der Waals surface area contributed by atoms with Crippen LogP contribution in [-0.2, 0) is 24.7 Å². The summed E-state index contributed by atoms with van der Waals surface area (Å²) in [5.74, 6) is 0.478. The van der Waals surface area contributed by atoms with Crippen LogP contribution >= 0.6 is 0 Å².